The lowest BCUT2D eigenvalue weighted by atomic mass is 10.1. The molecule has 0 spiro atoms. The van der Waals surface area contributed by atoms with Gasteiger partial charge < -0.3 is 15.4 Å². The average Bonchev–Trinajstić information content (AvgIpc) is 2.55. The number of hydrogen-bond acceptors (Lipinski definition) is 5. The number of halogens is 1. The van der Waals surface area contributed by atoms with E-state index in [0.29, 0.717) is 12.5 Å². The molecule has 0 saturated heterocycles. The summed E-state index contributed by atoms with van der Waals surface area (Å²) in [7, 11) is 1.66. The van der Waals surface area contributed by atoms with Crippen molar-refractivity contribution < 1.29 is 4.74 Å². The molecule has 0 bridgehead atoms. The summed E-state index contributed by atoms with van der Waals surface area (Å²) in [5.74, 6) is 1.51. The fourth-order valence-corrected chi connectivity index (χ4v) is 2.23. The van der Waals surface area contributed by atoms with Gasteiger partial charge in [-0.05, 0) is 32.0 Å². The maximum absolute atomic E-state index is 5.78. The molecule has 0 radical (unpaired) electrons. The third-order valence-corrected chi connectivity index (χ3v) is 3.41. The monoisotopic (exact) mass is 322 g/mol. The van der Waals surface area contributed by atoms with Crippen LogP contribution in [0, 0.1) is 0 Å². The fraction of sp³-hybridized carbons (Fsp3) is 0.375. The van der Waals surface area contributed by atoms with Gasteiger partial charge in [-0.15, -0.1) is 12.4 Å². The van der Waals surface area contributed by atoms with E-state index in [4.69, 9.17) is 10.5 Å². The van der Waals surface area contributed by atoms with Gasteiger partial charge in [-0.3, -0.25) is 0 Å². The number of methoxy groups -OCH3 is 1. The minimum absolute atomic E-state index is 0. The van der Waals surface area contributed by atoms with Crippen LogP contribution in [0.25, 0.3) is 11.3 Å². The van der Waals surface area contributed by atoms with Gasteiger partial charge in [0.25, 0.3) is 0 Å². The van der Waals surface area contributed by atoms with E-state index >= 15 is 0 Å². The molecule has 0 aliphatic heterocycles. The van der Waals surface area contributed by atoms with Crippen molar-refractivity contribution in [2.45, 2.75) is 20.4 Å². The predicted octanol–water partition coefficient (Wildman–Crippen LogP) is 2.88. The molecule has 0 fully saturated rings. The van der Waals surface area contributed by atoms with Crippen molar-refractivity contribution in [3.8, 4) is 17.0 Å². The molecule has 0 atom stereocenters. The van der Waals surface area contributed by atoms with Gasteiger partial charge in [0.2, 0.25) is 5.95 Å². The van der Waals surface area contributed by atoms with E-state index in [-0.39, 0.29) is 12.4 Å². The van der Waals surface area contributed by atoms with Crippen molar-refractivity contribution in [1.82, 2.24) is 9.97 Å². The molecule has 2 aromatic rings. The van der Waals surface area contributed by atoms with Crippen LogP contribution < -0.4 is 15.4 Å². The number of nitrogens with two attached hydrogens (primary N) is 1. The summed E-state index contributed by atoms with van der Waals surface area (Å²) in [5.41, 5.74) is 8.39. The number of nitrogens with zero attached hydrogens (tertiary/aromatic N) is 3. The number of ether oxygens (including phenoxy) is 1. The van der Waals surface area contributed by atoms with Crippen molar-refractivity contribution in [3.05, 3.63) is 36.0 Å². The second-order valence-corrected chi connectivity index (χ2v) is 4.62. The molecule has 0 saturated carbocycles. The lowest BCUT2D eigenvalue weighted by Gasteiger charge is -2.20. The molecule has 0 aliphatic rings. The molecule has 1 heterocycles. The Morgan fingerprint density at radius 3 is 2.41 bits per heavy atom. The fourth-order valence-electron chi connectivity index (χ4n) is 2.23. The maximum atomic E-state index is 5.78. The number of rotatable bonds is 6. The maximum Gasteiger partial charge on any atom is 0.226 e. The van der Waals surface area contributed by atoms with E-state index < -0.39 is 0 Å². The first kappa shape index (κ1) is 18.2. The summed E-state index contributed by atoms with van der Waals surface area (Å²) in [4.78, 5) is 11.3. The van der Waals surface area contributed by atoms with E-state index in [1.807, 2.05) is 30.3 Å². The highest BCUT2D eigenvalue weighted by atomic mass is 35.5. The molecular formula is C16H23ClN4O. The second kappa shape index (κ2) is 8.56. The Morgan fingerprint density at radius 1 is 1.14 bits per heavy atom. The number of anilines is 1. The Kier molecular flexibility index (Phi) is 7.08. The Bertz CT molecular complexity index is 602. The minimum atomic E-state index is 0. The third kappa shape index (κ3) is 3.87. The van der Waals surface area contributed by atoms with Crippen LogP contribution in [0.5, 0.6) is 5.75 Å². The zero-order valence-electron chi connectivity index (χ0n) is 13.2. The Balaban J connectivity index is 0.00000242. The summed E-state index contributed by atoms with van der Waals surface area (Å²) in [6.45, 7) is 6.28. The van der Waals surface area contributed by atoms with Crippen molar-refractivity contribution in [1.29, 1.82) is 0 Å². The lowest BCUT2D eigenvalue weighted by molar-refractivity contribution is 0.416. The lowest BCUT2D eigenvalue weighted by Crippen LogP contribution is -2.25. The van der Waals surface area contributed by atoms with Crippen LogP contribution in [0.15, 0.2) is 30.3 Å². The molecule has 1 aromatic carbocycles. The van der Waals surface area contributed by atoms with Gasteiger partial charge >= 0.3 is 0 Å². The van der Waals surface area contributed by atoms with E-state index in [9.17, 15) is 0 Å². The standard InChI is InChI=1S/C16H22N4O.ClH/c1-4-20(5-2)16-18-12(11-17)10-14(19-16)13-8-6-7-9-15(13)21-3;/h6-10H,4-5,11,17H2,1-3H3;1H. The molecule has 0 aliphatic carbocycles. The van der Waals surface area contributed by atoms with Crippen LogP contribution in [0.4, 0.5) is 5.95 Å². The van der Waals surface area contributed by atoms with E-state index in [2.05, 4.69) is 28.7 Å². The van der Waals surface area contributed by atoms with Crippen molar-refractivity contribution in [2.75, 3.05) is 25.1 Å². The van der Waals surface area contributed by atoms with Crippen LogP contribution >= 0.6 is 12.4 Å². The highest BCUT2D eigenvalue weighted by Gasteiger charge is 2.13. The Labute approximate surface area is 137 Å². The van der Waals surface area contributed by atoms with Crippen LogP contribution in [0.1, 0.15) is 19.5 Å². The first-order valence-electron chi connectivity index (χ1n) is 7.19. The molecule has 2 N–H and O–H groups in total. The highest BCUT2D eigenvalue weighted by Crippen LogP contribution is 2.29. The van der Waals surface area contributed by atoms with E-state index in [1.54, 1.807) is 7.11 Å². The van der Waals surface area contributed by atoms with Gasteiger partial charge in [0, 0.05) is 25.2 Å². The molecule has 0 amide bonds. The van der Waals surface area contributed by atoms with Gasteiger partial charge in [-0.2, -0.15) is 0 Å². The second-order valence-electron chi connectivity index (χ2n) is 4.62. The molecule has 0 unspecified atom stereocenters. The van der Waals surface area contributed by atoms with Crippen LogP contribution in [0.2, 0.25) is 0 Å². The molecule has 6 heteroatoms. The third-order valence-electron chi connectivity index (χ3n) is 3.41. The predicted molar refractivity (Wildman–Crippen MR) is 92.7 cm³/mol. The van der Waals surface area contributed by atoms with E-state index in [0.717, 1.165) is 35.8 Å². The van der Waals surface area contributed by atoms with Crippen LogP contribution in [0.3, 0.4) is 0 Å². The molecule has 5 nitrogen and oxygen atoms in total. The Hall–Kier alpha value is -1.85. The largest absolute Gasteiger partial charge is 0.496 e. The molecule has 22 heavy (non-hydrogen) atoms. The van der Waals surface area contributed by atoms with Gasteiger partial charge in [-0.1, -0.05) is 12.1 Å². The summed E-state index contributed by atoms with van der Waals surface area (Å²) in [5, 5.41) is 0. The molecular weight excluding hydrogens is 300 g/mol. The van der Waals surface area contributed by atoms with Gasteiger partial charge in [0.05, 0.1) is 18.5 Å². The number of para-hydroxylation sites is 1. The number of hydrogen-bond donors (Lipinski definition) is 1. The molecule has 1 aromatic heterocycles. The number of aromatic nitrogens is 2. The van der Waals surface area contributed by atoms with Gasteiger partial charge in [0.1, 0.15) is 5.75 Å². The summed E-state index contributed by atoms with van der Waals surface area (Å²) in [6, 6.07) is 9.76. The van der Waals surface area contributed by atoms with Crippen LogP contribution in [-0.2, 0) is 6.54 Å². The SMILES string of the molecule is CCN(CC)c1nc(CN)cc(-c2ccccc2OC)n1.Cl. The van der Waals surface area contributed by atoms with Crippen molar-refractivity contribution in [2.24, 2.45) is 5.73 Å². The smallest absolute Gasteiger partial charge is 0.226 e. The van der Waals surface area contributed by atoms with Gasteiger partial charge in [-0.25, -0.2) is 9.97 Å². The summed E-state index contributed by atoms with van der Waals surface area (Å²) in [6.07, 6.45) is 0. The zero-order valence-corrected chi connectivity index (χ0v) is 14.1. The Morgan fingerprint density at radius 2 is 1.82 bits per heavy atom. The van der Waals surface area contributed by atoms with Gasteiger partial charge in [0.15, 0.2) is 0 Å². The normalized spacial score (nSPS) is 10.0. The topological polar surface area (TPSA) is 64.3 Å². The molecule has 120 valence electrons. The van der Waals surface area contributed by atoms with Crippen molar-refractivity contribution >= 4 is 18.4 Å². The first-order valence-corrected chi connectivity index (χ1v) is 7.19. The first-order chi connectivity index (χ1) is 10.2. The van der Waals surface area contributed by atoms with Crippen molar-refractivity contribution in [3.63, 3.8) is 0 Å². The summed E-state index contributed by atoms with van der Waals surface area (Å²) < 4.78 is 5.42. The summed E-state index contributed by atoms with van der Waals surface area (Å²) >= 11 is 0. The minimum Gasteiger partial charge on any atom is -0.496 e. The quantitative estimate of drug-likeness (QED) is 0.886. The van der Waals surface area contributed by atoms with Crippen LogP contribution in [-0.4, -0.2) is 30.2 Å². The highest BCUT2D eigenvalue weighted by molar-refractivity contribution is 5.85. The average molecular weight is 323 g/mol. The molecule has 2 rings (SSSR count). The zero-order chi connectivity index (χ0) is 15.2. The number of benzene rings is 1. The van der Waals surface area contributed by atoms with E-state index in [1.165, 1.54) is 0 Å².